The molecule has 0 aromatic carbocycles. The zero-order valence-corrected chi connectivity index (χ0v) is 13.7. The van der Waals surface area contributed by atoms with E-state index in [1.54, 1.807) is 0 Å². The standard InChI is InChI=1S/C16H22N2S2/c1-12-8-9-19-16(12)14-10-18-15(20-14)11-17-13-6-4-2-3-5-7-13/h8-10,13,17H,2-7,11H2,1H3. The summed E-state index contributed by atoms with van der Waals surface area (Å²) in [7, 11) is 0. The third-order valence-corrected chi connectivity index (χ3v) is 6.23. The molecule has 0 atom stereocenters. The average molecular weight is 306 g/mol. The highest BCUT2D eigenvalue weighted by Gasteiger charge is 2.13. The topological polar surface area (TPSA) is 24.9 Å². The molecule has 0 amide bonds. The maximum atomic E-state index is 4.58. The molecule has 0 saturated heterocycles. The number of nitrogens with zero attached hydrogens (tertiary/aromatic N) is 1. The third-order valence-electron chi connectivity index (χ3n) is 4.04. The molecule has 0 bridgehead atoms. The van der Waals surface area contributed by atoms with Crippen LogP contribution in [0.2, 0.25) is 0 Å². The molecule has 2 aromatic heterocycles. The zero-order valence-electron chi connectivity index (χ0n) is 12.0. The van der Waals surface area contributed by atoms with Gasteiger partial charge in [0.05, 0.1) is 4.88 Å². The molecular formula is C16H22N2S2. The highest BCUT2D eigenvalue weighted by atomic mass is 32.1. The summed E-state index contributed by atoms with van der Waals surface area (Å²) in [5.41, 5.74) is 1.36. The molecule has 0 spiro atoms. The second kappa shape index (κ2) is 6.83. The largest absolute Gasteiger partial charge is 0.308 e. The van der Waals surface area contributed by atoms with Gasteiger partial charge >= 0.3 is 0 Å². The minimum Gasteiger partial charge on any atom is -0.308 e. The van der Waals surface area contributed by atoms with Gasteiger partial charge in [0.15, 0.2) is 0 Å². The van der Waals surface area contributed by atoms with Crippen LogP contribution in [0.3, 0.4) is 0 Å². The summed E-state index contributed by atoms with van der Waals surface area (Å²) in [4.78, 5) is 7.28. The van der Waals surface area contributed by atoms with E-state index in [0.29, 0.717) is 6.04 Å². The minimum absolute atomic E-state index is 0.702. The van der Waals surface area contributed by atoms with Crippen LogP contribution < -0.4 is 5.32 Å². The summed E-state index contributed by atoms with van der Waals surface area (Å²) < 4.78 is 0. The molecule has 0 radical (unpaired) electrons. The predicted octanol–water partition coefficient (Wildman–Crippen LogP) is 4.99. The molecule has 1 fully saturated rings. The van der Waals surface area contributed by atoms with E-state index in [4.69, 9.17) is 0 Å². The Hall–Kier alpha value is -0.710. The Morgan fingerprint density at radius 2 is 2.05 bits per heavy atom. The van der Waals surface area contributed by atoms with E-state index in [9.17, 15) is 0 Å². The van der Waals surface area contributed by atoms with Crippen LogP contribution in [0.1, 0.15) is 49.1 Å². The first-order valence-corrected chi connectivity index (χ1v) is 9.25. The van der Waals surface area contributed by atoms with Crippen molar-refractivity contribution in [2.45, 2.75) is 58.0 Å². The first-order valence-electron chi connectivity index (χ1n) is 7.55. The summed E-state index contributed by atoms with van der Waals surface area (Å²) in [5.74, 6) is 0. The van der Waals surface area contributed by atoms with Gasteiger partial charge in [0.1, 0.15) is 5.01 Å². The molecular weight excluding hydrogens is 284 g/mol. The van der Waals surface area contributed by atoms with Crippen LogP contribution in [0.4, 0.5) is 0 Å². The Morgan fingerprint density at radius 1 is 1.25 bits per heavy atom. The summed E-state index contributed by atoms with van der Waals surface area (Å²) in [5, 5.41) is 7.08. The fourth-order valence-electron chi connectivity index (χ4n) is 2.84. The quantitative estimate of drug-likeness (QED) is 0.805. The van der Waals surface area contributed by atoms with E-state index < -0.39 is 0 Å². The van der Waals surface area contributed by atoms with Gasteiger partial charge in [-0.2, -0.15) is 0 Å². The van der Waals surface area contributed by atoms with Crippen molar-refractivity contribution in [1.29, 1.82) is 0 Å². The van der Waals surface area contributed by atoms with E-state index >= 15 is 0 Å². The van der Waals surface area contributed by atoms with E-state index in [-0.39, 0.29) is 0 Å². The van der Waals surface area contributed by atoms with Crippen LogP contribution in [-0.4, -0.2) is 11.0 Å². The number of aryl methyl sites for hydroxylation is 1. The van der Waals surface area contributed by atoms with Gasteiger partial charge in [-0.3, -0.25) is 0 Å². The number of nitrogens with one attached hydrogen (secondary N) is 1. The number of thiazole rings is 1. The van der Waals surface area contributed by atoms with Crippen molar-refractivity contribution in [2.75, 3.05) is 0 Å². The first kappa shape index (κ1) is 14.2. The molecule has 1 aliphatic carbocycles. The Bertz CT molecular complexity index is 536. The number of hydrogen-bond donors (Lipinski definition) is 1. The van der Waals surface area contributed by atoms with Gasteiger partial charge in [-0.05, 0) is 36.8 Å². The van der Waals surface area contributed by atoms with E-state index in [1.807, 2.05) is 28.9 Å². The van der Waals surface area contributed by atoms with Crippen LogP contribution in [0.15, 0.2) is 17.6 Å². The maximum absolute atomic E-state index is 4.58. The normalized spacial score (nSPS) is 17.2. The highest BCUT2D eigenvalue weighted by molar-refractivity contribution is 7.21. The van der Waals surface area contributed by atoms with Crippen molar-refractivity contribution in [1.82, 2.24) is 10.3 Å². The Labute approximate surface area is 129 Å². The SMILES string of the molecule is Cc1ccsc1-c1cnc(CNC2CCCCCC2)s1. The number of aromatic nitrogens is 1. The van der Waals surface area contributed by atoms with Gasteiger partial charge in [-0.15, -0.1) is 22.7 Å². The van der Waals surface area contributed by atoms with Crippen LogP contribution in [0.25, 0.3) is 9.75 Å². The molecule has 2 aromatic rings. The highest BCUT2D eigenvalue weighted by Crippen LogP contribution is 2.33. The lowest BCUT2D eigenvalue weighted by atomic mass is 10.1. The van der Waals surface area contributed by atoms with Crippen molar-refractivity contribution in [3.63, 3.8) is 0 Å². The van der Waals surface area contributed by atoms with E-state index in [2.05, 4.69) is 28.7 Å². The lowest BCUT2D eigenvalue weighted by Crippen LogP contribution is -2.27. The molecule has 1 N–H and O–H groups in total. The Morgan fingerprint density at radius 3 is 2.75 bits per heavy atom. The summed E-state index contributed by atoms with van der Waals surface area (Å²) in [6, 6.07) is 2.89. The monoisotopic (exact) mass is 306 g/mol. The molecule has 2 nitrogen and oxygen atoms in total. The van der Waals surface area contributed by atoms with Crippen molar-refractivity contribution < 1.29 is 0 Å². The molecule has 1 saturated carbocycles. The zero-order chi connectivity index (χ0) is 13.8. The maximum Gasteiger partial charge on any atom is 0.107 e. The van der Waals surface area contributed by atoms with Crippen molar-refractivity contribution in [2.24, 2.45) is 0 Å². The molecule has 2 heterocycles. The van der Waals surface area contributed by atoms with Gasteiger partial charge in [0.25, 0.3) is 0 Å². The number of rotatable bonds is 4. The van der Waals surface area contributed by atoms with Gasteiger partial charge in [-0.25, -0.2) is 4.98 Å². The number of thiophene rings is 1. The van der Waals surface area contributed by atoms with Gasteiger partial charge < -0.3 is 5.32 Å². The Balaban J connectivity index is 1.58. The molecule has 3 rings (SSSR count). The summed E-state index contributed by atoms with van der Waals surface area (Å²) in [6.07, 6.45) is 10.3. The number of hydrogen-bond acceptors (Lipinski definition) is 4. The molecule has 0 unspecified atom stereocenters. The summed E-state index contributed by atoms with van der Waals surface area (Å²) in [6.45, 7) is 3.11. The van der Waals surface area contributed by atoms with E-state index in [0.717, 1.165) is 6.54 Å². The Kier molecular flexibility index (Phi) is 4.86. The van der Waals surface area contributed by atoms with Gasteiger partial charge in [-0.1, -0.05) is 25.7 Å². The van der Waals surface area contributed by atoms with Crippen LogP contribution >= 0.6 is 22.7 Å². The third kappa shape index (κ3) is 3.48. The average Bonchev–Trinajstić information content (AvgIpc) is 2.99. The lowest BCUT2D eigenvalue weighted by molar-refractivity contribution is 0.458. The van der Waals surface area contributed by atoms with Gasteiger partial charge in [0.2, 0.25) is 0 Å². The molecule has 0 aliphatic heterocycles. The fourth-order valence-corrected chi connectivity index (χ4v) is 4.81. The summed E-state index contributed by atoms with van der Waals surface area (Å²) >= 11 is 3.65. The molecule has 1 aliphatic rings. The van der Waals surface area contributed by atoms with Crippen molar-refractivity contribution in [3.8, 4) is 9.75 Å². The fraction of sp³-hybridized carbons (Fsp3) is 0.562. The van der Waals surface area contributed by atoms with Crippen LogP contribution in [0, 0.1) is 6.92 Å². The van der Waals surface area contributed by atoms with Crippen molar-refractivity contribution >= 4 is 22.7 Å². The second-order valence-corrected chi connectivity index (χ2v) is 7.65. The van der Waals surface area contributed by atoms with Crippen molar-refractivity contribution in [3.05, 3.63) is 28.2 Å². The van der Waals surface area contributed by atoms with Gasteiger partial charge in [0, 0.05) is 23.7 Å². The van der Waals surface area contributed by atoms with Crippen LogP contribution in [-0.2, 0) is 6.54 Å². The predicted molar refractivity (Wildman–Crippen MR) is 88.5 cm³/mol. The second-order valence-electron chi connectivity index (χ2n) is 5.62. The minimum atomic E-state index is 0.702. The van der Waals surface area contributed by atoms with Crippen LogP contribution in [0.5, 0.6) is 0 Å². The molecule has 4 heteroatoms. The molecule has 108 valence electrons. The first-order chi connectivity index (χ1) is 9.83. The smallest absolute Gasteiger partial charge is 0.107 e. The lowest BCUT2D eigenvalue weighted by Gasteiger charge is -2.14. The molecule has 20 heavy (non-hydrogen) atoms. The van der Waals surface area contributed by atoms with E-state index in [1.165, 1.54) is 58.9 Å².